The SMILES string of the molecule is Cc1ccc(NC(=O)ON=C(N)c2ccc(OC(=O)Nc3ccc(C)cc3)cc2)cc1. The van der Waals surface area contributed by atoms with Gasteiger partial charge in [-0.1, -0.05) is 40.5 Å². The van der Waals surface area contributed by atoms with Gasteiger partial charge in [-0.2, -0.15) is 0 Å². The molecule has 0 spiro atoms. The molecule has 0 aliphatic carbocycles. The van der Waals surface area contributed by atoms with Crippen LogP contribution in [-0.2, 0) is 4.84 Å². The van der Waals surface area contributed by atoms with E-state index >= 15 is 0 Å². The molecule has 158 valence electrons. The van der Waals surface area contributed by atoms with Crippen LogP contribution in [0.15, 0.2) is 78.0 Å². The van der Waals surface area contributed by atoms with Crippen molar-refractivity contribution in [3.63, 3.8) is 0 Å². The van der Waals surface area contributed by atoms with Crippen LogP contribution in [0, 0.1) is 13.8 Å². The van der Waals surface area contributed by atoms with E-state index in [2.05, 4.69) is 15.8 Å². The molecule has 3 rings (SSSR count). The highest BCUT2D eigenvalue weighted by atomic mass is 16.7. The molecule has 0 heterocycles. The van der Waals surface area contributed by atoms with Crippen molar-refractivity contribution in [1.82, 2.24) is 0 Å². The summed E-state index contributed by atoms with van der Waals surface area (Å²) < 4.78 is 5.23. The molecule has 8 nitrogen and oxygen atoms in total. The van der Waals surface area contributed by atoms with Crippen molar-refractivity contribution in [2.24, 2.45) is 10.9 Å². The minimum Gasteiger partial charge on any atom is -0.410 e. The van der Waals surface area contributed by atoms with E-state index in [9.17, 15) is 9.59 Å². The molecular weight excluding hydrogens is 396 g/mol. The van der Waals surface area contributed by atoms with E-state index in [0.29, 0.717) is 22.7 Å². The van der Waals surface area contributed by atoms with Gasteiger partial charge in [0.25, 0.3) is 0 Å². The molecule has 0 saturated carbocycles. The van der Waals surface area contributed by atoms with Crippen LogP contribution in [0.25, 0.3) is 0 Å². The van der Waals surface area contributed by atoms with E-state index in [4.69, 9.17) is 15.3 Å². The quantitative estimate of drug-likeness (QED) is 0.239. The molecular formula is C23H22N4O4. The smallest absolute Gasteiger partial charge is 0.410 e. The van der Waals surface area contributed by atoms with Crippen LogP contribution in [0.2, 0.25) is 0 Å². The molecule has 0 aliphatic heterocycles. The van der Waals surface area contributed by atoms with Crippen LogP contribution >= 0.6 is 0 Å². The first-order chi connectivity index (χ1) is 14.9. The number of ether oxygens (including phenoxy) is 1. The number of oxime groups is 1. The van der Waals surface area contributed by atoms with Crippen LogP contribution < -0.4 is 21.1 Å². The Morgan fingerprint density at radius 1 is 0.742 bits per heavy atom. The van der Waals surface area contributed by atoms with Crippen molar-refractivity contribution < 1.29 is 19.2 Å². The number of benzene rings is 3. The summed E-state index contributed by atoms with van der Waals surface area (Å²) in [6.07, 6.45) is -1.38. The van der Waals surface area contributed by atoms with Crippen LogP contribution in [0.3, 0.4) is 0 Å². The highest BCUT2D eigenvalue weighted by Crippen LogP contribution is 2.15. The Morgan fingerprint density at radius 2 is 1.23 bits per heavy atom. The van der Waals surface area contributed by atoms with Gasteiger partial charge in [0, 0.05) is 16.9 Å². The van der Waals surface area contributed by atoms with Gasteiger partial charge in [0.15, 0.2) is 5.84 Å². The molecule has 0 bridgehead atoms. The fourth-order valence-electron chi connectivity index (χ4n) is 2.50. The van der Waals surface area contributed by atoms with Crippen molar-refractivity contribution in [2.45, 2.75) is 13.8 Å². The number of hydrogen-bond donors (Lipinski definition) is 3. The molecule has 0 atom stereocenters. The third-order valence-electron chi connectivity index (χ3n) is 4.18. The number of nitrogens with two attached hydrogens (primary N) is 1. The second-order valence-electron chi connectivity index (χ2n) is 6.75. The first-order valence-electron chi connectivity index (χ1n) is 9.43. The molecule has 0 radical (unpaired) electrons. The lowest BCUT2D eigenvalue weighted by molar-refractivity contribution is 0.166. The first kappa shape index (κ1) is 21.4. The lowest BCUT2D eigenvalue weighted by Gasteiger charge is -2.08. The number of nitrogens with one attached hydrogen (secondary N) is 2. The largest absolute Gasteiger partial charge is 0.437 e. The highest BCUT2D eigenvalue weighted by Gasteiger charge is 2.08. The zero-order chi connectivity index (χ0) is 22.2. The number of aryl methyl sites for hydroxylation is 2. The topological polar surface area (TPSA) is 115 Å². The van der Waals surface area contributed by atoms with Gasteiger partial charge < -0.3 is 10.5 Å². The number of amidine groups is 1. The van der Waals surface area contributed by atoms with Crippen LogP contribution in [0.1, 0.15) is 16.7 Å². The Morgan fingerprint density at radius 3 is 1.74 bits per heavy atom. The molecule has 3 aromatic carbocycles. The molecule has 4 N–H and O–H groups in total. The van der Waals surface area contributed by atoms with Crippen molar-refractivity contribution in [1.29, 1.82) is 0 Å². The van der Waals surface area contributed by atoms with Crippen molar-refractivity contribution in [3.05, 3.63) is 89.5 Å². The zero-order valence-corrected chi connectivity index (χ0v) is 17.1. The van der Waals surface area contributed by atoms with Crippen LogP contribution in [-0.4, -0.2) is 18.0 Å². The Balaban J connectivity index is 1.52. The van der Waals surface area contributed by atoms with E-state index in [1.807, 2.05) is 38.1 Å². The van der Waals surface area contributed by atoms with Gasteiger partial charge in [0.05, 0.1) is 0 Å². The lowest BCUT2D eigenvalue weighted by atomic mass is 10.2. The Labute approximate surface area is 179 Å². The molecule has 0 aliphatic rings. The second kappa shape index (κ2) is 9.93. The first-order valence-corrected chi connectivity index (χ1v) is 9.43. The van der Waals surface area contributed by atoms with Gasteiger partial charge in [-0.15, -0.1) is 0 Å². The van der Waals surface area contributed by atoms with E-state index in [0.717, 1.165) is 11.1 Å². The van der Waals surface area contributed by atoms with Gasteiger partial charge in [-0.3, -0.25) is 15.5 Å². The minimum absolute atomic E-state index is 0.00490. The summed E-state index contributed by atoms with van der Waals surface area (Å²) in [6.45, 7) is 3.90. The summed E-state index contributed by atoms with van der Waals surface area (Å²) in [7, 11) is 0. The lowest BCUT2D eigenvalue weighted by Crippen LogP contribution is -2.18. The molecule has 3 aromatic rings. The Hall–Kier alpha value is -4.33. The normalized spacial score (nSPS) is 10.8. The average Bonchev–Trinajstić information content (AvgIpc) is 2.76. The molecule has 8 heteroatoms. The van der Waals surface area contributed by atoms with E-state index in [1.165, 1.54) is 0 Å². The van der Waals surface area contributed by atoms with E-state index in [1.54, 1.807) is 48.5 Å². The number of nitrogens with zero attached hydrogens (tertiary/aromatic N) is 1. The predicted molar refractivity (Wildman–Crippen MR) is 119 cm³/mol. The monoisotopic (exact) mass is 418 g/mol. The zero-order valence-electron chi connectivity index (χ0n) is 17.1. The van der Waals surface area contributed by atoms with Gasteiger partial charge in [-0.05, 0) is 62.4 Å². The fourth-order valence-corrected chi connectivity index (χ4v) is 2.50. The summed E-state index contributed by atoms with van der Waals surface area (Å²) in [5.74, 6) is 0.314. The minimum atomic E-state index is -0.764. The number of carbonyl (C=O) groups excluding carboxylic acids is 2. The van der Waals surface area contributed by atoms with Crippen molar-refractivity contribution in [2.75, 3.05) is 10.6 Å². The van der Waals surface area contributed by atoms with Crippen LogP contribution in [0.4, 0.5) is 21.0 Å². The molecule has 0 saturated heterocycles. The summed E-state index contributed by atoms with van der Waals surface area (Å²) in [4.78, 5) is 28.6. The molecule has 0 unspecified atom stereocenters. The standard InChI is InChI=1S/C23H22N4O4/c1-15-3-9-18(10-4-15)25-22(28)30-20-13-7-17(8-14-20)21(24)27-31-23(29)26-19-11-5-16(2)6-12-19/h3-14H,1-2H3,(H2,24,27)(H,25,28)(H,26,29). The second-order valence-corrected chi connectivity index (χ2v) is 6.75. The van der Waals surface area contributed by atoms with E-state index in [-0.39, 0.29) is 5.84 Å². The van der Waals surface area contributed by atoms with Gasteiger partial charge >= 0.3 is 12.2 Å². The number of hydrogen-bond acceptors (Lipinski definition) is 5. The summed E-state index contributed by atoms with van der Waals surface area (Å²) in [6, 6.07) is 20.8. The number of carbonyl (C=O) groups is 2. The third kappa shape index (κ3) is 6.60. The maximum Gasteiger partial charge on any atom is 0.437 e. The average molecular weight is 418 g/mol. The van der Waals surface area contributed by atoms with Crippen LogP contribution in [0.5, 0.6) is 5.75 Å². The fraction of sp³-hybridized carbons (Fsp3) is 0.0870. The molecule has 0 aromatic heterocycles. The Bertz CT molecular complexity index is 1080. The molecule has 2 amide bonds. The highest BCUT2D eigenvalue weighted by molar-refractivity contribution is 5.98. The molecule has 31 heavy (non-hydrogen) atoms. The Kier molecular flexibility index (Phi) is 6.85. The maximum atomic E-state index is 12.0. The van der Waals surface area contributed by atoms with Gasteiger partial charge in [0.2, 0.25) is 0 Å². The number of anilines is 2. The predicted octanol–water partition coefficient (Wildman–Crippen LogP) is 4.78. The third-order valence-corrected chi connectivity index (χ3v) is 4.18. The van der Waals surface area contributed by atoms with E-state index < -0.39 is 12.2 Å². The summed E-state index contributed by atoms with van der Waals surface area (Å²) in [5, 5.41) is 8.80. The summed E-state index contributed by atoms with van der Waals surface area (Å²) >= 11 is 0. The maximum absolute atomic E-state index is 12.0. The number of rotatable bonds is 5. The summed E-state index contributed by atoms with van der Waals surface area (Å²) in [5.41, 5.74) is 9.71. The van der Waals surface area contributed by atoms with Gasteiger partial charge in [0.1, 0.15) is 5.75 Å². The van der Waals surface area contributed by atoms with Crippen molar-refractivity contribution >= 4 is 29.4 Å². The van der Waals surface area contributed by atoms with Gasteiger partial charge in [-0.25, -0.2) is 9.59 Å². The van der Waals surface area contributed by atoms with Crippen molar-refractivity contribution in [3.8, 4) is 5.75 Å². The number of amides is 2. The molecule has 0 fully saturated rings.